The molecule has 2 aliphatic heterocycles. The minimum Gasteiger partial charge on any atom is -0.373 e. The summed E-state index contributed by atoms with van der Waals surface area (Å²) in [7, 11) is 2.18. The van der Waals surface area contributed by atoms with Crippen LogP contribution in [0.5, 0.6) is 0 Å². The maximum absolute atomic E-state index is 6.32. The van der Waals surface area contributed by atoms with E-state index in [4.69, 9.17) is 9.26 Å². The predicted octanol–water partition coefficient (Wildman–Crippen LogP) is 2.64. The molecule has 1 atom stereocenters. The van der Waals surface area contributed by atoms with Gasteiger partial charge in [0.25, 0.3) is 0 Å². The van der Waals surface area contributed by atoms with Crippen molar-refractivity contribution in [2.24, 2.45) is 0 Å². The lowest BCUT2D eigenvalue weighted by molar-refractivity contribution is -0.0452. The minimum absolute atomic E-state index is 0.0391. The third-order valence-corrected chi connectivity index (χ3v) is 5.60. The zero-order valence-electron chi connectivity index (χ0n) is 15.0. The minimum atomic E-state index is 0.0391. The molecule has 3 heterocycles. The Kier molecular flexibility index (Phi) is 4.48. The van der Waals surface area contributed by atoms with Crippen LogP contribution < -0.4 is 4.90 Å². The number of rotatable bonds is 4. The summed E-state index contributed by atoms with van der Waals surface area (Å²) in [6.45, 7) is 5.46. The van der Waals surface area contributed by atoms with Crippen LogP contribution in [0.3, 0.4) is 0 Å². The van der Waals surface area contributed by atoms with Crippen LogP contribution in [0, 0.1) is 6.92 Å². The SMILES string of the molecule is Cc1nc(CN2CCC3(CC2)CC(N(C)c2ccccc2)CO3)no1. The van der Waals surface area contributed by atoms with Crippen LogP contribution in [0.1, 0.15) is 31.0 Å². The Morgan fingerprint density at radius 2 is 2.00 bits per heavy atom. The molecule has 2 fully saturated rings. The van der Waals surface area contributed by atoms with Gasteiger partial charge < -0.3 is 14.2 Å². The van der Waals surface area contributed by atoms with Crippen molar-refractivity contribution in [2.75, 3.05) is 31.6 Å². The molecule has 1 spiro atoms. The van der Waals surface area contributed by atoms with Gasteiger partial charge in [0.05, 0.1) is 24.8 Å². The first-order valence-corrected chi connectivity index (χ1v) is 9.07. The van der Waals surface area contributed by atoms with E-state index in [0.717, 1.165) is 51.3 Å². The quantitative estimate of drug-likeness (QED) is 0.851. The van der Waals surface area contributed by atoms with Gasteiger partial charge in [0.15, 0.2) is 5.82 Å². The Bertz CT molecular complexity index is 694. The summed E-state index contributed by atoms with van der Waals surface area (Å²) in [6, 6.07) is 11.0. The summed E-state index contributed by atoms with van der Waals surface area (Å²) in [5, 5.41) is 4.00. The van der Waals surface area contributed by atoms with Crippen molar-refractivity contribution in [3.8, 4) is 0 Å². The van der Waals surface area contributed by atoms with Crippen molar-refractivity contribution in [3.05, 3.63) is 42.0 Å². The highest BCUT2D eigenvalue weighted by Gasteiger charge is 2.44. The van der Waals surface area contributed by atoms with E-state index in [2.05, 4.69) is 57.3 Å². The number of benzene rings is 1. The highest BCUT2D eigenvalue weighted by molar-refractivity contribution is 5.46. The maximum Gasteiger partial charge on any atom is 0.223 e. The summed E-state index contributed by atoms with van der Waals surface area (Å²) in [4.78, 5) is 9.07. The van der Waals surface area contributed by atoms with Gasteiger partial charge in [0.1, 0.15) is 0 Å². The molecular weight excluding hydrogens is 316 g/mol. The van der Waals surface area contributed by atoms with Crippen LogP contribution in [0.25, 0.3) is 0 Å². The van der Waals surface area contributed by atoms with Gasteiger partial charge in [-0.05, 0) is 31.4 Å². The first-order chi connectivity index (χ1) is 12.1. The lowest BCUT2D eigenvalue weighted by Crippen LogP contribution is -2.44. The summed E-state index contributed by atoms with van der Waals surface area (Å²) in [5.74, 6) is 1.41. The van der Waals surface area contributed by atoms with Gasteiger partial charge in [0, 0.05) is 32.7 Å². The van der Waals surface area contributed by atoms with E-state index >= 15 is 0 Å². The Hall–Kier alpha value is -1.92. The highest BCUT2D eigenvalue weighted by Crippen LogP contribution is 2.38. The molecule has 0 saturated carbocycles. The molecule has 25 heavy (non-hydrogen) atoms. The summed E-state index contributed by atoms with van der Waals surface area (Å²) in [5.41, 5.74) is 1.30. The summed E-state index contributed by atoms with van der Waals surface area (Å²) in [6.07, 6.45) is 3.25. The zero-order chi connectivity index (χ0) is 17.3. The number of hydrogen-bond acceptors (Lipinski definition) is 6. The Morgan fingerprint density at radius 1 is 1.24 bits per heavy atom. The molecule has 0 radical (unpaired) electrons. The van der Waals surface area contributed by atoms with Crippen molar-refractivity contribution >= 4 is 5.69 Å². The smallest absolute Gasteiger partial charge is 0.223 e. The largest absolute Gasteiger partial charge is 0.373 e. The van der Waals surface area contributed by atoms with E-state index in [1.54, 1.807) is 0 Å². The Morgan fingerprint density at radius 3 is 2.68 bits per heavy atom. The molecule has 134 valence electrons. The van der Waals surface area contributed by atoms with Gasteiger partial charge in [-0.1, -0.05) is 23.4 Å². The predicted molar refractivity (Wildman–Crippen MR) is 95.5 cm³/mol. The summed E-state index contributed by atoms with van der Waals surface area (Å²) >= 11 is 0. The molecule has 0 aliphatic carbocycles. The monoisotopic (exact) mass is 342 g/mol. The topological polar surface area (TPSA) is 54.6 Å². The number of ether oxygens (including phenoxy) is 1. The Labute approximate surface area is 148 Å². The molecule has 1 aromatic carbocycles. The molecule has 4 rings (SSSR count). The number of likely N-dealkylation sites (N-methyl/N-ethyl adjacent to an activating group) is 1. The number of anilines is 1. The fourth-order valence-corrected chi connectivity index (χ4v) is 4.02. The maximum atomic E-state index is 6.32. The molecule has 0 N–H and O–H groups in total. The number of nitrogens with zero attached hydrogens (tertiary/aromatic N) is 4. The lowest BCUT2D eigenvalue weighted by Gasteiger charge is -2.38. The second-order valence-electron chi connectivity index (χ2n) is 7.30. The van der Waals surface area contributed by atoms with Crippen LogP contribution in [0.2, 0.25) is 0 Å². The normalized spacial score (nSPS) is 23.2. The van der Waals surface area contributed by atoms with Crippen molar-refractivity contribution in [1.29, 1.82) is 0 Å². The van der Waals surface area contributed by atoms with Crippen LogP contribution in [0.4, 0.5) is 5.69 Å². The van der Waals surface area contributed by atoms with Gasteiger partial charge in [-0.2, -0.15) is 4.98 Å². The zero-order valence-corrected chi connectivity index (χ0v) is 15.0. The first kappa shape index (κ1) is 16.5. The van der Waals surface area contributed by atoms with Crippen LogP contribution in [-0.4, -0.2) is 53.4 Å². The van der Waals surface area contributed by atoms with Crippen molar-refractivity contribution in [2.45, 2.75) is 44.4 Å². The summed E-state index contributed by atoms with van der Waals surface area (Å²) < 4.78 is 11.4. The number of aromatic nitrogens is 2. The molecular formula is C19H26N4O2. The van der Waals surface area contributed by atoms with Crippen molar-refractivity contribution < 1.29 is 9.26 Å². The number of piperidine rings is 1. The molecule has 6 heteroatoms. The van der Waals surface area contributed by atoms with E-state index in [-0.39, 0.29) is 5.60 Å². The van der Waals surface area contributed by atoms with Gasteiger partial charge in [-0.25, -0.2) is 0 Å². The van der Waals surface area contributed by atoms with E-state index in [1.165, 1.54) is 5.69 Å². The number of aryl methyl sites for hydroxylation is 1. The Balaban J connectivity index is 1.33. The van der Waals surface area contributed by atoms with Crippen LogP contribution in [-0.2, 0) is 11.3 Å². The molecule has 2 aliphatic rings. The molecule has 0 amide bonds. The molecule has 1 aromatic heterocycles. The third-order valence-electron chi connectivity index (χ3n) is 5.60. The second kappa shape index (κ2) is 6.77. The lowest BCUT2D eigenvalue weighted by atomic mass is 9.87. The first-order valence-electron chi connectivity index (χ1n) is 9.07. The average Bonchev–Trinajstić information content (AvgIpc) is 3.24. The fourth-order valence-electron chi connectivity index (χ4n) is 4.02. The van der Waals surface area contributed by atoms with Gasteiger partial charge in [-0.3, -0.25) is 4.90 Å². The molecule has 0 bridgehead atoms. The third kappa shape index (κ3) is 3.55. The van der Waals surface area contributed by atoms with E-state index in [0.29, 0.717) is 11.9 Å². The van der Waals surface area contributed by atoms with Gasteiger partial charge in [-0.15, -0.1) is 0 Å². The average molecular weight is 342 g/mol. The van der Waals surface area contributed by atoms with Crippen LogP contribution in [0.15, 0.2) is 34.9 Å². The van der Waals surface area contributed by atoms with Crippen molar-refractivity contribution in [3.63, 3.8) is 0 Å². The number of para-hydroxylation sites is 1. The van der Waals surface area contributed by atoms with Crippen LogP contribution >= 0.6 is 0 Å². The van der Waals surface area contributed by atoms with Gasteiger partial charge in [0.2, 0.25) is 5.89 Å². The molecule has 1 unspecified atom stereocenters. The standard InChI is InChI=1S/C19H26N4O2/c1-15-20-18(21-25-15)13-23-10-8-19(9-11-23)12-17(14-24-19)22(2)16-6-4-3-5-7-16/h3-7,17H,8-14H2,1-2H3. The number of hydrogen-bond donors (Lipinski definition) is 0. The fraction of sp³-hybridized carbons (Fsp3) is 0.579. The molecule has 2 saturated heterocycles. The molecule has 2 aromatic rings. The highest BCUT2D eigenvalue weighted by atomic mass is 16.5. The van der Waals surface area contributed by atoms with Gasteiger partial charge >= 0.3 is 0 Å². The van der Waals surface area contributed by atoms with E-state index < -0.39 is 0 Å². The van der Waals surface area contributed by atoms with Crippen molar-refractivity contribution in [1.82, 2.24) is 15.0 Å². The number of likely N-dealkylation sites (tertiary alicyclic amines) is 1. The second-order valence-corrected chi connectivity index (χ2v) is 7.30. The van der Waals surface area contributed by atoms with E-state index in [1.807, 2.05) is 6.92 Å². The van der Waals surface area contributed by atoms with E-state index in [9.17, 15) is 0 Å². The molecule has 6 nitrogen and oxygen atoms in total.